The molecule has 29 heavy (non-hydrogen) atoms. The van der Waals surface area contributed by atoms with Crippen LogP contribution in [0.1, 0.15) is 34.0 Å². The van der Waals surface area contributed by atoms with E-state index in [1.165, 1.54) is 12.4 Å². The lowest BCUT2D eigenvalue weighted by atomic mass is 9.95. The first-order valence-electron chi connectivity index (χ1n) is 8.43. The molecule has 0 N–H and O–H groups in total. The molecule has 0 spiro atoms. The van der Waals surface area contributed by atoms with Crippen molar-refractivity contribution in [3.8, 4) is 0 Å². The fourth-order valence-corrected chi connectivity index (χ4v) is 2.74. The number of pyridine rings is 1. The van der Waals surface area contributed by atoms with E-state index in [0.29, 0.717) is 23.4 Å². The molecule has 2 nitrogen and oxygen atoms in total. The van der Waals surface area contributed by atoms with Gasteiger partial charge in [-0.05, 0) is 41.5 Å². The summed E-state index contributed by atoms with van der Waals surface area (Å²) in [7, 11) is 0. The van der Waals surface area contributed by atoms with E-state index < -0.39 is 29.5 Å². The Morgan fingerprint density at radius 1 is 0.724 bits per heavy atom. The van der Waals surface area contributed by atoms with E-state index in [1.807, 2.05) is 0 Å². The zero-order valence-corrected chi connectivity index (χ0v) is 14.7. The van der Waals surface area contributed by atoms with Gasteiger partial charge in [-0.3, -0.25) is 9.98 Å². The number of aliphatic imine (C=N–C) groups is 1. The average Bonchev–Trinajstić information content (AvgIpc) is 2.68. The normalized spacial score (nSPS) is 13.6. The molecule has 3 aromatic rings. The Kier molecular flexibility index (Phi) is 5.72. The quantitative estimate of drug-likeness (QED) is 0.366. The number of halogens is 6. The molecule has 0 aliphatic carbocycles. The molecular weight excluding hydrogens is 394 g/mol. The first-order chi connectivity index (χ1) is 13.6. The van der Waals surface area contributed by atoms with E-state index in [0.717, 1.165) is 0 Å². The molecule has 0 aliphatic heterocycles. The molecular formula is C21H14F6N2. The van der Waals surface area contributed by atoms with Gasteiger partial charge in [0.1, 0.15) is 6.04 Å². The predicted molar refractivity (Wildman–Crippen MR) is 96.6 cm³/mol. The van der Waals surface area contributed by atoms with Crippen LogP contribution < -0.4 is 0 Å². The van der Waals surface area contributed by atoms with Crippen molar-refractivity contribution in [2.75, 3.05) is 0 Å². The average molecular weight is 408 g/mol. The van der Waals surface area contributed by atoms with Crippen LogP contribution in [0, 0.1) is 0 Å². The third-order valence-electron chi connectivity index (χ3n) is 4.08. The third kappa shape index (κ3) is 5.22. The molecule has 0 amide bonds. The highest BCUT2D eigenvalue weighted by Crippen LogP contribution is 2.39. The summed E-state index contributed by atoms with van der Waals surface area (Å²) >= 11 is 0. The predicted octanol–water partition coefficient (Wildman–Crippen LogP) is 6.33. The zero-order chi connectivity index (χ0) is 21.1. The molecule has 1 atom stereocenters. The number of benzene rings is 2. The molecule has 0 saturated heterocycles. The molecule has 150 valence electrons. The zero-order valence-electron chi connectivity index (χ0n) is 14.7. The van der Waals surface area contributed by atoms with Crippen LogP contribution in [0.4, 0.5) is 26.3 Å². The summed E-state index contributed by atoms with van der Waals surface area (Å²) in [6.45, 7) is 0. The lowest BCUT2D eigenvalue weighted by Crippen LogP contribution is -2.13. The molecule has 0 saturated carbocycles. The monoisotopic (exact) mass is 408 g/mol. The Hall–Kier alpha value is -3.16. The van der Waals surface area contributed by atoms with E-state index in [-0.39, 0.29) is 11.6 Å². The number of hydrogen-bond donors (Lipinski definition) is 0. The van der Waals surface area contributed by atoms with Gasteiger partial charge in [0.25, 0.3) is 0 Å². The maximum atomic E-state index is 13.2. The summed E-state index contributed by atoms with van der Waals surface area (Å²) < 4.78 is 79.4. The van der Waals surface area contributed by atoms with Crippen LogP contribution in [-0.4, -0.2) is 11.2 Å². The molecule has 3 rings (SSSR count). The second-order valence-corrected chi connectivity index (χ2v) is 6.19. The topological polar surface area (TPSA) is 25.2 Å². The molecule has 1 unspecified atom stereocenters. The van der Waals surface area contributed by atoms with Gasteiger partial charge < -0.3 is 0 Å². The fourth-order valence-electron chi connectivity index (χ4n) is 2.74. The highest BCUT2D eigenvalue weighted by atomic mass is 19.4. The van der Waals surface area contributed by atoms with Crippen molar-refractivity contribution >= 4 is 6.21 Å². The number of rotatable bonds is 4. The van der Waals surface area contributed by atoms with Crippen LogP contribution in [0.25, 0.3) is 0 Å². The molecule has 0 aliphatic rings. The minimum Gasteiger partial charge on any atom is -0.278 e. The molecule has 0 fully saturated rings. The molecule has 0 radical (unpaired) electrons. The molecule has 2 aromatic carbocycles. The first-order valence-corrected chi connectivity index (χ1v) is 8.43. The largest absolute Gasteiger partial charge is 0.416 e. The van der Waals surface area contributed by atoms with Crippen LogP contribution in [-0.2, 0) is 12.4 Å². The van der Waals surface area contributed by atoms with Crippen molar-refractivity contribution in [3.63, 3.8) is 0 Å². The van der Waals surface area contributed by atoms with Gasteiger partial charge in [-0.15, -0.1) is 0 Å². The lowest BCUT2D eigenvalue weighted by Gasteiger charge is -2.18. The Labute approximate surface area is 162 Å². The molecule has 1 aromatic heterocycles. The number of aromatic nitrogens is 1. The maximum Gasteiger partial charge on any atom is 0.416 e. The summed E-state index contributed by atoms with van der Waals surface area (Å²) in [5, 5.41) is 0. The van der Waals surface area contributed by atoms with Gasteiger partial charge in [0.2, 0.25) is 0 Å². The van der Waals surface area contributed by atoms with Crippen molar-refractivity contribution in [1.82, 2.24) is 4.98 Å². The van der Waals surface area contributed by atoms with E-state index in [4.69, 9.17) is 0 Å². The van der Waals surface area contributed by atoms with Crippen LogP contribution >= 0.6 is 0 Å². The van der Waals surface area contributed by atoms with Gasteiger partial charge in [0, 0.05) is 12.4 Å². The van der Waals surface area contributed by atoms with E-state index >= 15 is 0 Å². The lowest BCUT2D eigenvalue weighted by molar-refractivity contribution is -0.143. The molecule has 0 bridgehead atoms. The standard InChI is InChI=1S/C21H14F6N2/c22-20(23,24)16-10-15(11-17(12-16)21(25,26)27)19(14-6-2-1-3-7-14)29-13-18-8-4-5-9-28-18/h1-13,19H/b29-13+. The van der Waals surface area contributed by atoms with Gasteiger partial charge >= 0.3 is 12.4 Å². The van der Waals surface area contributed by atoms with Gasteiger partial charge in [-0.25, -0.2) is 0 Å². The number of alkyl halides is 6. The Morgan fingerprint density at radius 3 is 1.83 bits per heavy atom. The van der Waals surface area contributed by atoms with Crippen molar-refractivity contribution in [1.29, 1.82) is 0 Å². The van der Waals surface area contributed by atoms with E-state index in [2.05, 4.69) is 9.98 Å². The second-order valence-electron chi connectivity index (χ2n) is 6.19. The van der Waals surface area contributed by atoms with Crippen LogP contribution in [0.3, 0.4) is 0 Å². The van der Waals surface area contributed by atoms with Gasteiger partial charge in [-0.2, -0.15) is 26.3 Å². The van der Waals surface area contributed by atoms with Crippen molar-refractivity contribution in [2.24, 2.45) is 4.99 Å². The Morgan fingerprint density at radius 2 is 1.31 bits per heavy atom. The minimum absolute atomic E-state index is 0.105. The minimum atomic E-state index is -4.93. The van der Waals surface area contributed by atoms with E-state index in [9.17, 15) is 26.3 Å². The van der Waals surface area contributed by atoms with Gasteiger partial charge in [-0.1, -0.05) is 36.4 Å². The third-order valence-corrected chi connectivity index (χ3v) is 4.08. The van der Waals surface area contributed by atoms with E-state index in [1.54, 1.807) is 48.5 Å². The van der Waals surface area contributed by atoms with Crippen molar-refractivity contribution in [2.45, 2.75) is 18.4 Å². The van der Waals surface area contributed by atoms with Gasteiger partial charge in [0.15, 0.2) is 0 Å². The first kappa shape index (κ1) is 20.6. The number of hydrogen-bond acceptors (Lipinski definition) is 2. The second kappa shape index (κ2) is 8.06. The van der Waals surface area contributed by atoms with Crippen molar-refractivity contribution < 1.29 is 26.3 Å². The summed E-state index contributed by atoms with van der Waals surface area (Å²) in [6, 6.07) is 13.6. The highest BCUT2D eigenvalue weighted by molar-refractivity contribution is 5.77. The van der Waals surface area contributed by atoms with Crippen LogP contribution in [0.5, 0.6) is 0 Å². The molecule has 8 heteroatoms. The maximum absolute atomic E-state index is 13.2. The summed E-state index contributed by atoms with van der Waals surface area (Å²) in [4.78, 5) is 8.30. The van der Waals surface area contributed by atoms with Crippen LogP contribution in [0.2, 0.25) is 0 Å². The SMILES string of the molecule is FC(F)(F)c1cc(C(/N=C/c2ccccn2)c2ccccc2)cc(C(F)(F)F)c1. The number of nitrogens with zero attached hydrogens (tertiary/aromatic N) is 2. The van der Waals surface area contributed by atoms with Crippen LogP contribution in [0.15, 0.2) is 77.9 Å². The Bertz CT molecular complexity index is 947. The highest BCUT2D eigenvalue weighted by Gasteiger charge is 2.37. The smallest absolute Gasteiger partial charge is 0.278 e. The summed E-state index contributed by atoms with van der Waals surface area (Å²) in [5.74, 6) is 0. The van der Waals surface area contributed by atoms with Gasteiger partial charge in [0.05, 0.1) is 16.8 Å². The summed E-state index contributed by atoms with van der Waals surface area (Å²) in [6.07, 6.45) is -7.03. The summed E-state index contributed by atoms with van der Waals surface area (Å²) in [5.41, 5.74) is -2.10. The van der Waals surface area contributed by atoms with Crippen molar-refractivity contribution in [3.05, 3.63) is 101 Å². The molecule has 1 heterocycles. The Balaban J connectivity index is 2.16. The fraction of sp³-hybridized carbons (Fsp3) is 0.143.